The van der Waals surface area contributed by atoms with E-state index in [1.807, 2.05) is 24.3 Å². The SMILES string of the molecule is COc1ccc(CN)c(OCc2ccc(Cl)cc2Cl)c1. The second kappa shape index (κ2) is 6.84. The molecular weight excluding hydrogens is 297 g/mol. The first kappa shape index (κ1) is 15.0. The Morgan fingerprint density at radius 1 is 1.05 bits per heavy atom. The summed E-state index contributed by atoms with van der Waals surface area (Å²) in [6.45, 7) is 0.740. The van der Waals surface area contributed by atoms with E-state index in [1.54, 1.807) is 19.2 Å². The molecule has 106 valence electrons. The molecule has 2 rings (SSSR count). The lowest BCUT2D eigenvalue weighted by Gasteiger charge is -2.13. The minimum atomic E-state index is 0.343. The molecule has 3 nitrogen and oxygen atoms in total. The fourth-order valence-electron chi connectivity index (χ4n) is 1.76. The van der Waals surface area contributed by atoms with Gasteiger partial charge >= 0.3 is 0 Å². The Bertz CT molecular complexity index is 602. The Labute approximate surface area is 128 Å². The van der Waals surface area contributed by atoms with Crippen molar-refractivity contribution in [1.82, 2.24) is 0 Å². The minimum absolute atomic E-state index is 0.343. The quantitative estimate of drug-likeness (QED) is 0.906. The molecule has 0 bridgehead atoms. The average molecular weight is 312 g/mol. The molecule has 0 heterocycles. The lowest BCUT2D eigenvalue weighted by atomic mass is 10.2. The van der Waals surface area contributed by atoms with Gasteiger partial charge in [-0.2, -0.15) is 0 Å². The van der Waals surface area contributed by atoms with Gasteiger partial charge in [-0.25, -0.2) is 0 Å². The van der Waals surface area contributed by atoms with Crippen LogP contribution >= 0.6 is 23.2 Å². The van der Waals surface area contributed by atoms with Crippen LogP contribution in [0.2, 0.25) is 10.0 Å². The van der Waals surface area contributed by atoms with Crippen LogP contribution < -0.4 is 15.2 Å². The number of methoxy groups -OCH3 is 1. The van der Waals surface area contributed by atoms with Gasteiger partial charge in [0.2, 0.25) is 0 Å². The van der Waals surface area contributed by atoms with Crippen LogP contribution in [0.3, 0.4) is 0 Å². The maximum atomic E-state index is 6.11. The van der Waals surface area contributed by atoms with Crippen molar-refractivity contribution in [3.05, 3.63) is 57.6 Å². The van der Waals surface area contributed by atoms with E-state index in [0.717, 1.165) is 16.9 Å². The summed E-state index contributed by atoms with van der Waals surface area (Å²) in [5, 5.41) is 1.18. The summed E-state index contributed by atoms with van der Waals surface area (Å²) >= 11 is 12.0. The summed E-state index contributed by atoms with van der Waals surface area (Å²) in [7, 11) is 1.61. The summed E-state index contributed by atoms with van der Waals surface area (Å²) in [6.07, 6.45) is 0. The molecule has 2 aromatic rings. The molecule has 0 atom stereocenters. The topological polar surface area (TPSA) is 44.5 Å². The number of rotatable bonds is 5. The van der Waals surface area contributed by atoms with Gasteiger partial charge in [-0.05, 0) is 18.2 Å². The fourth-order valence-corrected chi connectivity index (χ4v) is 2.22. The summed E-state index contributed by atoms with van der Waals surface area (Å²) in [5.41, 5.74) is 7.47. The van der Waals surface area contributed by atoms with Crippen LogP contribution in [0.15, 0.2) is 36.4 Å². The van der Waals surface area contributed by atoms with E-state index in [4.69, 9.17) is 38.4 Å². The Morgan fingerprint density at radius 2 is 1.80 bits per heavy atom. The monoisotopic (exact) mass is 311 g/mol. The highest BCUT2D eigenvalue weighted by molar-refractivity contribution is 6.35. The van der Waals surface area contributed by atoms with Crippen LogP contribution in [0.5, 0.6) is 11.5 Å². The smallest absolute Gasteiger partial charge is 0.127 e. The summed E-state index contributed by atoms with van der Waals surface area (Å²) < 4.78 is 11.0. The van der Waals surface area contributed by atoms with E-state index < -0.39 is 0 Å². The Morgan fingerprint density at radius 3 is 2.45 bits per heavy atom. The predicted molar refractivity (Wildman–Crippen MR) is 81.7 cm³/mol. The highest BCUT2D eigenvalue weighted by atomic mass is 35.5. The Kier molecular flexibility index (Phi) is 5.12. The van der Waals surface area contributed by atoms with E-state index in [0.29, 0.717) is 28.9 Å². The zero-order valence-corrected chi connectivity index (χ0v) is 12.5. The van der Waals surface area contributed by atoms with E-state index in [9.17, 15) is 0 Å². The van der Waals surface area contributed by atoms with Gasteiger partial charge in [0.15, 0.2) is 0 Å². The van der Waals surface area contributed by atoms with Crippen LogP contribution in [0, 0.1) is 0 Å². The number of hydrogen-bond acceptors (Lipinski definition) is 3. The first-order chi connectivity index (χ1) is 9.63. The maximum absolute atomic E-state index is 6.11. The van der Waals surface area contributed by atoms with Gasteiger partial charge in [0.05, 0.1) is 7.11 Å². The second-order valence-electron chi connectivity index (χ2n) is 4.20. The van der Waals surface area contributed by atoms with Crippen LogP contribution in [0.25, 0.3) is 0 Å². The third-order valence-corrected chi connectivity index (χ3v) is 3.48. The molecule has 0 aromatic heterocycles. The van der Waals surface area contributed by atoms with Crippen molar-refractivity contribution in [2.24, 2.45) is 5.73 Å². The van der Waals surface area contributed by atoms with Crippen molar-refractivity contribution in [3.63, 3.8) is 0 Å². The standard InChI is InChI=1S/C15H15Cl2NO2/c1-19-13-5-3-10(8-18)15(7-13)20-9-11-2-4-12(16)6-14(11)17/h2-7H,8-9,18H2,1H3. The molecule has 0 unspecified atom stereocenters. The van der Waals surface area contributed by atoms with E-state index in [1.165, 1.54) is 0 Å². The normalized spacial score (nSPS) is 10.4. The number of halogens is 2. The van der Waals surface area contributed by atoms with Crippen molar-refractivity contribution >= 4 is 23.2 Å². The highest BCUT2D eigenvalue weighted by Crippen LogP contribution is 2.27. The molecule has 0 amide bonds. The summed E-state index contributed by atoms with van der Waals surface area (Å²) in [5.74, 6) is 1.41. The van der Waals surface area contributed by atoms with E-state index in [-0.39, 0.29) is 0 Å². The minimum Gasteiger partial charge on any atom is -0.497 e. The van der Waals surface area contributed by atoms with Crippen molar-refractivity contribution in [2.45, 2.75) is 13.2 Å². The highest BCUT2D eigenvalue weighted by Gasteiger charge is 2.07. The Hall–Kier alpha value is -1.42. The van der Waals surface area contributed by atoms with Gasteiger partial charge in [-0.15, -0.1) is 0 Å². The number of benzene rings is 2. The number of nitrogens with two attached hydrogens (primary N) is 1. The van der Waals surface area contributed by atoms with Crippen LogP contribution in [0.4, 0.5) is 0 Å². The van der Waals surface area contributed by atoms with Gasteiger partial charge < -0.3 is 15.2 Å². The third-order valence-electron chi connectivity index (χ3n) is 2.89. The average Bonchev–Trinajstić information content (AvgIpc) is 2.46. The van der Waals surface area contributed by atoms with Gasteiger partial charge in [-0.3, -0.25) is 0 Å². The zero-order chi connectivity index (χ0) is 14.5. The molecule has 0 aliphatic carbocycles. The maximum Gasteiger partial charge on any atom is 0.127 e. The third kappa shape index (κ3) is 3.57. The predicted octanol–water partition coefficient (Wildman–Crippen LogP) is 4.04. The molecule has 0 saturated carbocycles. The van der Waals surface area contributed by atoms with Crippen LogP contribution in [0.1, 0.15) is 11.1 Å². The molecule has 0 aliphatic rings. The van der Waals surface area contributed by atoms with Crippen molar-refractivity contribution < 1.29 is 9.47 Å². The van der Waals surface area contributed by atoms with Gasteiger partial charge in [0.1, 0.15) is 18.1 Å². The van der Waals surface area contributed by atoms with Crippen molar-refractivity contribution in [1.29, 1.82) is 0 Å². The zero-order valence-electron chi connectivity index (χ0n) is 11.0. The molecule has 2 N–H and O–H groups in total. The lowest BCUT2D eigenvalue weighted by Crippen LogP contribution is -2.03. The molecule has 0 saturated heterocycles. The van der Waals surface area contributed by atoms with Crippen LogP contribution in [-0.2, 0) is 13.2 Å². The van der Waals surface area contributed by atoms with Crippen molar-refractivity contribution in [3.8, 4) is 11.5 Å². The molecule has 0 radical (unpaired) electrons. The van der Waals surface area contributed by atoms with Gasteiger partial charge in [-0.1, -0.05) is 35.3 Å². The molecule has 0 fully saturated rings. The van der Waals surface area contributed by atoms with Gasteiger partial charge in [0, 0.05) is 33.8 Å². The summed E-state index contributed by atoms with van der Waals surface area (Å²) in [6, 6.07) is 10.9. The Balaban J connectivity index is 2.17. The second-order valence-corrected chi connectivity index (χ2v) is 5.05. The molecular formula is C15H15Cl2NO2. The van der Waals surface area contributed by atoms with Crippen LogP contribution in [-0.4, -0.2) is 7.11 Å². The first-order valence-electron chi connectivity index (χ1n) is 6.07. The van der Waals surface area contributed by atoms with Gasteiger partial charge in [0.25, 0.3) is 0 Å². The lowest BCUT2D eigenvalue weighted by molar-refractivity contribution is 0.300. The number of ether oxygens (including phenoxy) is 2. The molecule has 0 spiro atoms. The number of hydrogen-bond donors (Lipinski definition) is 1. The molecule has 0 aliphatic heterocycles. The van der Waals surface area contributed by atoms with Crippen molar-refractivity contribution in [2.75, 3.05) is 7.11 Å². The fraction of sp³-hybridized carbons (Fsp3) is 0.200. The molecule has 5 heteroatoms. The van der Waals surface area contributed by atoms with E-state index >= 15 is 0 Å². The largest absolute Gasteiger partial charge is 0.497 e. The summed E-state index contributed by atoms with van der Waals surface area (Å²) in [4.78, 5) is 0. The first-order valence-corrected chi connectivity index (χ1v) is 6.83. The molecule has 2 aromatic carbocycles. The van der Waals surface area contributed by atoms with E-state index in [2.05, 4.69) is 0 Å². The molecule has 20 heavy (non-hydrogen) atoms.